The van der Waals surface area contributed by atoms with Crippen LogP contribution in [0.15, 0.2) is 26.7 Å². The number of thiocarbonyl (C=S) groups is 1. The second-order valence-corrected chi connectivity index (χ2v) is 2.98. The van der Waals surface area contributed by atoms with E-state index in [0.29, 0.717) is 0 Å². The standard InChI is InChI=1S/C8H5N5S2/c9-5-15-12-4-8-2-1-7(13-8)3-10-11-6-14/h1-4,13H/b10-3?,12-4+. The first kappa shape index (κ1) is 11.3. The topological polar surface area (TPSA) is 76.7 Å². The van der Waals surface area contributed by atoms with Crippen LogP contribution in [0.4, 0.5) is 0 Å². The Balaban J connectivity index is 2.64. The molecular formula is C8H5N5S2. The van der Waals surface area contributed by atoms with Crippen LogP contribution >= 0.6 is 24.2 Å². The van der Waals surface area contributed by atoms with Crippen LogP contribution in [0.1, 0.15) is 11.4 Å². The molecule has 0 fully saturated rings. The maximum Gasteiger partial charge on any atom is 0.157 e. The quantitative estimate of drug-likeness (QED) is 0.285. The van der Waals surface area contributed by atoms with E-state index in [2.05, 4.69) is 37.0 Å². The Morgan fingerprint density at radius 3 is 2.80 bits per heavy atom. The van der Waals surface area contributed by atoms with Crippen molar-refractivity contribution in [3.63, 3.8) is 0 Å². The number of hydrogen-bond acceptors (Lipinski definition) is 6. The number of thiocyanates is 1. The smallest absolute Gasteiger partial charge is 0.157 e. The van der Waals surface area contributed by atoms with Gasteiger partial charge in [-0.25, -0.2) is 4.40 Å². The molecule has 0 atom stereocenters. The van der Waals surface area contributed by atoms with Gasteiger partial charge in [0.15, 0.2) is 5.40 Å². The van der Waals surface area contributed by atoms with Crippen LogP contribution in [0, 0.1) is 10.7 Å². The summed E-state index contributed by atoms with van der Waals surface area (Å²) in [6.07, 6.45) is 3.06. The van der Waals surface area contributed by atoms with Crippen LogP contribution < -0.4 is 0 Å². The van der Waals surface area contributed by atoms with Gasteiger partial charge in [-0.05, 0) is 24.4 Å². The molecule has 7 heteroatoms. The van der Waals surface area contributed by atoms with Crippen LogP contribution in [0.5, 0.6) is 0 Å². The predicted octanol–water partition coefficient (Wildman–Crippen LogP) is 2.00. The molecule has 15 heavy (non-hydrogen) atoms. The van der Waals surface area contributed by atoms with E-state index >= 15 is 0 Å². The Morgan fingerprint density at radius 2 is 2.13 bits per heavy atom. The van der Waals surface area contributed by atoms with Crippen LogP contribution in [0.3, 0.4) is 0 Å². The van der Waals surface area contributed by atoms with Gasteiger partial charge in [-0.2, -0.15) is 5.26 Å². The third kappa shape index (κ3) is 4.33. The van der Waals surface area contributed by atoms with Crippen LogP contribution in [0.25, 0.3) is 0 Å². The number of aromatic nitrogens is 1. The van der Waals surface area contributed by atoms with Gasteiger partial charge in [0.25, 0.3) is 0 Å². The first-order valence-corrected chi connectivity index (χ1v) is 4.92. The lowest BCUT2D eigenvalue weighted by Gasteiger charge is -1.83. The highest BCUT2D eigenvalue weighted by atomic mass is 32.2. The molecule has 0 amide bonds. The average Bonchev–Trinajstić information content (AvgIpc) is 2.67. The number of nitrogens with one attached hydrogen (secondary N) is 1. The molecule has 1 aromatic heterocycles. The van der Waals surface area contributed by atoms with E-state index < -0.39 is 0 Å². The zero-order chi connectivity index (χ0) is 10.9. The Hall–Kier alpha value is -1.74. The van der Waals surface area contributed by atoms with Gasteiger partial charge in [-0.1, -0.05) is 5.10 Å². The largest absolute Gasteiger partial charge is 0.353 e. The van der Waals surface area contributed by atoms with Crippen molar-refractivity contribution in [2.45, 2.75) is 0 Å². The van der Waals surface area contributed by atoms with E-state index in [1.165, 1.54) is 6.21 Å². The van der Waals surface area contributed by atoms with Crippen molar-refractivity contribution < 1.29 is 0 Å². The van der Waals surface area contributed by atoms with Gasteiger partial charge in [0.2, 0.25) is 0 Å². The number of aromatic amines is 1. The highest BCUT2D eigenvalue weighted by molar-refractivity contribution is 8.02. The maximum atomic E-state index is 8.23. The molecule has 0 aliphatic rings. The van der Waals surface area contributed by atoms with Crippen molar-refractivity contribution in [1.82, 2.24) is 4.98 Å². The molecule has 5 nitrogen and oxygen atoms in total. The van der Waals surface area contributed by atoms with Crippen molar-refractivity contribution >= 4 is 41.8 Å². The van der Waals surface area contributed by atoms with Crippen LogP contribution in [-0.4, -0.2) is 22.6 Å². The molecule has 0 unspecified atom stereocenters. The van der Waals surface area contributed by atoms with E-state index in [1.807, 2.05) is 11.5 Å². The van der Waals surface area contributed by atoms with Gasteiger partial charge < -0.3 is 4.98 Å². The summed E-state index contributed by atoms with van der Waals surface area (Å²) in [6, 6.07) is 3.62. The monoisotopic (exact) mass is 235 g/mol. The van der Waals surface area contributed by atoms with Crippen molar-refractivity contribution in [3.8, 4) is 5.40 Å². The zero-order valence-electron chi connectivity index (χ0n) is 7.41. The maximum absolute atomic E-state index is 8.23. The molecule has 0 spiro atoms. The molecule has 1 rings (SSSR count). The highest BCUT2D eigenvalue weighted by Crippen LogP contribution is 2.01. The summed E-state index contributed by atoms with van der Waals surface area (Å²) in [7, 11) is 0. The molecule has 1 N–H and O–H groups in total. The predicted molar refractivity (Wildman–Crippen MR) is 64.2 cm³/mol. The van der Waals surface area contributed by atoms with E-state index in [0.717, 1.165) is 23.3 Å². The highest BCUT2D eigenvalue weighted by Gasteiger charge is 1.92. The van der Waals surface area contributed by atoms with Crippen molar-refractivity contribution in [2.75, 3.05) is 0 Å². The summed E-state index contributed by atoms with van der Waals surface area (Å²) < 4.78 is 3.77. The number of nitrogens with zero attached hydrogens (tertiary/aromatic N) is 4. The fraction of sp³-hybridized carbons (Fsp3) is 0. The molecule has 0 aromatic carbocycles. The molecule has 0 aliphatic heterocycles. The lowest BCUT2D eigenvalue weighted by molar-refractivity contribution is 1.26. The minimum Gasteiger partial charge on any atom is -0.353 e. The summed E-state index contributed by atoms with van der Waals surface area (Å²) in [5, 5.41) is 19.2. The van der Waals surface area contributed by atoms with Crippen molar-refractivity contribution in [1.29, 1.82) is 5.26 Å². The summed E-state index contributed by atoms with van der Waals surface area (Å²) in [4.78, 5) is 2.99. The number of H-pyrrole nitrogens is 1. The Bertz CT molecular complexity index is 462. The van der Waals surface area contributed by atoms with Gasteiger partial charge in [0.05, 0.1) is 40.9 Å². The first-order chi connectivity index (χ1) is 7.36. The fourth-order valence-corrected chi connectivity index (χ4v) is 1.06. The number of hydrogen-bond donors (Lipinski definition) is 1. The SMILES string of the molecule is N#CS/N=C/c1ccc(C=NN=C=S)[nH]1. The van der Waals surface area contributed by atoms with Crippen LogP contribution in [0.2, 0.25) is 0 Å². The zero-order valence-corrected chi connectivity index (χ0v) is 9.05. The molecule has 1 aromatic rings. The van der Waals surface area contributed by atoms with E-state index in [1.54, 1.807) is 12.3 Å². The van der Waals surface area contributed by atoms with Crippen LogP contribution in [-0.2, 0) is 0 Å². The number of nitriles is 1. The lowest BCUT2D eigenvalue weighted by atomic mass is 10.4. The average molecular weight is 235 g/mol. The molecule has 1 heterocycles. The first-order valence-electron chi connectivity index (χ1n) is 3.74. The Kier molecular flexibility index (Phi) is 5.04. The molecular weight excluding hydrogens is 230 g/mol. The minimum absolute atomic E-state index is 0.771. The summed E-state index contributed by atoms with van der Waals surface area (Å²) in [5.41, 5.74) is 1.55. The van der Waals surface area contributed by atoms with Gasteiger partial charge in [0.1, 0.15) is 0 Å². The molecule has 0 bridgehead atoms. The molecule has 0 saturated heterocycles. The number of isothiocyanates is 1. The third-order valence-electron chi connectivity index (χ3n) is 1.31. The molecule has 74 valence electrons. The van der Waals surface area contributed by atoms with E-state index in [4.69, 9.17) is 5.26 Å². The van der Waals surface area contributed by atoms with Gasteiger partial charge in [0, 0.05) is 0 Å². The normalized spacial score (nSPS) is 10.3. The minimum atomic E-state index is 0.771. The third-order valence-corrected chi connectivity index (χ3v) is 1.69. The molecule has 0 saturated carbocycles. The molecule has 0 radical (unpaired) electrons. The second kappa shape index (κ2) is 6.68. The summed E-state index contributed by atoms with van der Waals surface area (Å²) in [5.74, 6) is 0. The van der Waals surface area contributed by atoms with Crippen molar-refractivity contribution in [3.05, 3.63) is 23.5 Å². The van der Waals surface area contributed by atoms with Crippen molar-refractivity contribution in [2.24, 2.45) is 14.6 Å². The van der Waals surface area contributed by atoms with Gasteiger partial charge >= 0.3 is 0 Å². The Morgan fingerprint density at radius 1 is 1.40 bits per heavy atom. The summed E-state index contributed by atoms with van der Waals surface area (Å²) >= 11 is 5.16. The van der Waals surface area contributed by atoms with Gasteiger partial charge in [-0.3, -0.25) is 0 Å². The summed E-state index contributed by atoms with van der Waals surface area (Å²) in [6.45, 7) is 0. The number of rotatable bonds is 4. The second-order valence-electron chi connectivity index (χ2n) is 2.22. The van der Waals surface area contributed by atoms with E-state index in [-0.39, 0.29) is 0 Å². The lowest BCUT2D eigenvalue weighted by Crippen LogP contribution is -1.82. The Labute approximate surface area is 95.8 Å². The van der Waals surface area contributed by atoms with Gasteiger partial charge in [-0.15, -0.1) is 5.10 Å². The van der Waals surface area contributed by atoms with E-state index in [9.17, 15) is 0 Å². The fourth-order valence-electron chi connectivity index (χ4n) is 0.802. The molecule has 0 aliphatic carbocycles.